The molecule has 1 aliphatic heterocycles. The second-order valence-corrected chi connectivity index (χ2v) is 7.82. The Kier molecular flexibility index (Phi) is 5.73. The zero-order chi connectivity index (χ0) is 21.4. The summed E-state index contributed by atoms with van der Waals surface area (Å²) in [5.41, 5.74) is 0.576. The molecule has 158 valence electrons. The molecule has 2 atom stereocenters. The van der Waals surface area contributed by atoms with E-state index < -0.39 is 5.56 Å². The monoisotopic (exact) mass is 450 g/mol. The molecule has 1 fully saturated rings. The van der Waals surface area contributed by atoms with Crippen molar-refractivity contribution in [2.75, 3.05) is 32.8 Å². The Hall–Kier alpha value is -2.55. The van der Waals surface area contributed by atoms with Crippen LogP contribution in [0.15, 0.2) is 23.1 Å². The maximum atomic E-state index is 12.9. The van der Waals surface area contributed by atoms with Crippen molar-refractivity contribution in [1.82, 2.24) is 15.0 Å². The molecule has 2 aromatic heterocycles. The van der Waals surface area contributed by atoms with Crippen LogP contribution in [-0.2, 0) is 4.74 Å². The van der Waals surface area contributed by atoms with E-state index in [4.69, 9.17) is 37.4 Å². The number of nitrogens with zero attached hydrogens (tertiary/aromatic N) is 2. The van der Waals surface area contributed by atoms with E-state index in [1.165, 1.54) is 14.2 Å². The van der Waals surface area contributed by atoms with Gasteiger partial charge < -0.3 is 24.5 Å². The highest BCUT2D eigenvalue weighted by atomic mass is 35.5. The molecular weight excluding hydrogens is 431 g/mol. The average Bonchev–Trinajstić information content (AvgIpc) is 3.13. The topological polar surface area (TPSA) is 98.4 Å². The number of anilines is 1. The molecule has 3 heterocycles. The first-order valence-electron chi connectivity index (χ1n) is 9.27. The smallest absolute Gasteiger partial charge is 0.257 e. The van der Waals surface area contributed by atoms with Crippen LogP contribution >= 0.6 is 23.2 Å². The predicted molar refractivity (Wildman–Crippen MR) is 116 cm³/mol. The summed E-state index contributed by atoms with van der Waals surface area (Å²) in [7, 11) is 2.95. The number of H-pyrrole nitrogens is 1. The van der Waals surface area contributed by atoms with Crippen molar-refractivity contribution >= 4 is 40.2 Å². The molecule has 0 radical (unpaired) electrons. The minimum Gasteiger partial charge on any atom is -0.495 e. The predicted octanol–water partition coefficient (Wildman–Crippen LogP) is 3.76. The van der Waals surface area contributed by atoms with Gasteiger partial charge in [0.05, 0.1) is 49.1 Å². The Morgan fingerprint density at radius 1 is 1.17 bits per heavy atom. The molecule has 1 aliphatic rings. The van der Waals surface area contributed by atoms with Gasteiger partial charge in [-0.1, -0.05) is 30.1 Å². The SMILES string of the molecule is COc1cc(OC)c(Cl)c(-c2cc3cnc(N[C@@H]4COC[C@@H]4C)nc3[nH]c2=O)c1Cl. The van der Waals surface area contributed by atoms with Crippen LogP contribution in [0.1, 0.15) is 6.92 Å². The molecular formula is C20H20Cl2N4O4. The van der Waals surface area contributed by atoms with Gasteiger partial charge in [-0.3, -0.25) is 4.79 Å². The number of hydrogen-bond acceptors (Lipinski definition) is 7. The van der Waals surface area contributed by atoms with Gasteiger partial charge in [-0.15, -0.1) is 0 Å². The molecule has 2 N–H and O–H groups in total. The number of aromatic nitrogens is 3. The van der Waals surface area contributed by atoms with Crippen LogP contribution in [0.3, 0.4) is 0 Å². The first-order chi connectivity index (χ1) is 14.4. The highest BCUT2D eigenvalue weighted by Crippen LogP contribution is 2.45. The number of ether oxygens (including phenoxy) is 3. The molecule has 0 aliphatic carbocycles. The molecule has 0 saturated carbocycles. The summed E-state index contributed by atoms with van der Waals surface area (Å²) in [4.78, 5) is 24.5. The maximum absolute atomic E-state index is 12.9. The standard InChI is InChI=1S/C20H20Cl2N4O4/c1-9-7-30-8-12(9)24-20-23-6-10-4-11(19(27)25-18(10)26-20)15-16(21)13(28-2)5-14(29-3)17(15)22/h4-6,9,12H,7-8H2,1-3H3,(H2,23,24,25,26,27)/t9-,12+/m0/s1. The van der Waals surface area contributed by atoms with Crippen molar-refractivity contribution in [3.63, 3.8) is 0 Å². The van der Waals surface area contributed by atoms with Gasteiger partial charge in [0.1, 0.15) is 17.1 Å². The summed E-state index contributed by atoms with van der Waals surface area (Å²) in [6.45, 7) is 3.37. The lowest BCUT2D eigenvalue weighted by Crippen LogP contribution is -2.27. The van der Waals surface area contributed by atoms with E-state index in [1.54, 1.807) is 18.3 Å². The quantitative estimate of drug-likeness (QED) is 0.610. The Labute approximate surface area is 182 Å². The second kappa shape index (κ2) is 8.29. The van der Waals surface area contributed by atoms with Gasteiger partial charge in [0, 0.05) is 29.1 Å². The van der Waals surface area contributed by atoms with Gasteiger partial charge in [0.2, 0.25) is 5.95 Å². The van der Waals surface area contributed by atoms with E-state index in [1.807, 2.05) is 0 Å². The maximum Gasteiger partial charge on any atom is 0.257 e. The third kappa shape index (κ3) is 3.66. The van der Waals surface area contributed by atoms with Gasteiger partial charge >= 0.3 is 0 Å². The molecule has 1 saturated heterocycles. The Balaban J connectivity index is 1.79. The Morgan fingerprint density at radius 3 is 2.47 bits per heavy atom. The second-order valence-electron chi connectivity index (χ2n) is 7.06. The summed E-state index contributed by atoms with van der Waals surface area (Å²) in [6, 6.07) is 3.33. The van der Waals surface area contributed by atoms with Crippen LogP contribution in [0.5, 0.6) is 11.5 Å². The summed E-state index contributed by atoms with van der Waals surface area (Å²) in [5, 5.41) is 4.30. The van der Waals surface area contributed by atoms with Gasteiger partial charge in [0.15, 0.2) is 0 Å². The Morgan fingerprint density at radius 2 is 1.87 bits per heavy atom. The molecule has 0 amide bonds. The summed E-state index contributed by atoms with van der Waals surface area (Å²) < 4.78 is 16.0. The van der Waals surface area contributed by atoms with Crippen molar-refractivity contribution in [1.29, 1.82) is 0 Å². The highest BCUT2D eigenvalue weighted by molar-refractivity contribution is 6.41. The van der Waals surface area contributed by atoms with E-state index >= 15 is 0 Å². The number of pyridine rings is 1. The third-order valence-electron chi connectivity index (χ3n) is 5.12. The molecule has 0 spiro atoms. The zero-order valence-corrected chi connectivity index (χ0v) is 18.1. The molecule has 0 bridgehead atoms. The third-order valence-corrected chi connectivity index (χ3v) is 5.87. The molecule has 30 heavy (non-hydrogen) atoms. The van der Waals surface area contributed by atoms with Crippen LogP contribution in [0.25, 0.3) is 22.2 Å². The van der Waals surface area contributed by atoms with E-state index in [0.29, 0.717) is 53.2 Å². The lowest BCUT2D eigenvalue weighted by Gasteiger charge is -2.16. The average molecular weight is 451 g/mol. The van der Waals surface area contributed by atoms with Crippen LogP contribution in [-0.4, -0.2) is 48.4 Å². The first kappa shape index (κ1) is 20.7. The van der Waals surface area contributed by atoms with Crippen LogP contribution < -0.4 is 20.3 Å². The molecule has 0 unspecified atom stereocenters. The molecule has 3 aromatic rings. The number of nitrogens with one attached hydrogen (secondary N) is 2. The summed E-state index contributed by atoms with van der Waals surface area (Å²) in [5.74, 6) is 1.46. The van der Waals surface area contributed by atoms with Crippen LogP contribution in [0.2, 0.25) is 10.0 Å². The number of aromatic amines is 1. The summed E-state index contributed by atoms with van der Waals surface area (Å²) >= 11 is 12.9. The lowest BCUT2D eigenvalue weighted by molar-refractivity contribution is 0.187. The largest absolute Gasteiger partial charge is 0.495 e. The highest BCUT2D eigenvalue weighted by Gasteiger charge is 2.25. The molecule has 1 aromatic carbocycles. The van der Waals surface area contributed by atoms with Gasteiger partial charge in [-0.2, -0.15) is 4.98 Å². The van der Waals surface area contributed by atoms with Gasteiger partial charge in [0.25, 0.3) is 5.56 Å². The van der Waals surface area contributed by atoms with E-state index in [2.05, 4.69) is 27.2 Å². The van der Waals surface area contributed by atoms with Crippen molar-refractivity contribution < 1.29 is 14.2 Å². The van der Waals surface area contributed by atoms with Crippen molar-refractivity contribution in [3.8, 4) is 22.6 Å². The number of benzene rings is 1. The van der Waals surface area contributed by atoms with Crippen molar-refractivity contribution in [2.45, 2.75) is 13.0 Å². The fourth-order valence-electron chi connectivity index (χ4n) is 3.38. The zero-order valence-electron chi connectivity index (χ0n) is 16.6. The first-order valence-corrected chi connectivity index (χ1v) is 10.0. The fourth-order valence-corrected chi connectivity index (χ4v) is 4.09. The number of fused-ring (bicyclic) bond motifs is 1. The molecule has 10 heteroatoms. The molecule has 8 nitrogen and oxygen atoms in total. The van der Waals surface area contributed by atoms with Gasteiger partial charge in [-0.05, 0) is 6.07 Å². The summed E-state index contributed by atoms with van der Waals surface area (Å²) in [6.07, 6.45) is 1.63. The Bertz CT molecular complexity index is 1140. The number of rotatable bonds is 5. The van der Waals surface area contributed by atoms with Crippen LogP contribution in [0, 0.1) is 5.92 Å². The van der Waals surface area contributed by atoms with E-state index in [9.17, 15) is 4.79 Å². The number of hydrogen-bond donors (Lipinski definition) is 2. The van der Waals surface area contributed by atoms with E-state index in [0.717, 1.165) is 0 Å². The molecule has 4 rings (SSSR count). The van der Waals surface area contributed by atoms with E-state index in [-0.39, 0.29) is 21.7 Å². The van der Waals surface area contributed by atoms with Gasteiger partial charge in [-0.25, -0.2) is 4.98 Å². The lowest BCUT2D eigenvalue weighted by atomic mass is 10.0. The fraction of sp³-hybridized carbons (Fsp3) is 0.350. The van der Waals surface area contributed by atoms with Crippen molar-refractivity contribution in [3.05, 3.63) is 38.7 Å². The van der Waals surface area contributed by atoms with Crippen molar-refractivity contribution in [2.24, 2.45) is 5.92 Å². The minimum absolute atomic E-state index is 0.121. The normalized spacial score (nSPS) is 18.6. The minimum atomic E-state index is -0.399. The van der Waals surface area contributed by atoms with Crippen LogP contribution in [0.4, 0.5) is 5.95 Å². The number of methoxy groups -OCH3 is 2. The number of halogens is 2.